The smallest absolute Gasteiger partial charge is 0.153 e. The van der Waals surface area contributed by atoms with E-state index in [1.807, 2.05) is 39.8 Å². The van der Waals surface area contributed by atoms with Crippen molar-refractivity contribution in [3.05, 3.63) is 45.8 Å². The zero-order valence-electron chi connectivity index (χ0n) is 15.1. The molecule has 0 spiro atoms. The first kappa shape index (κ1) is 20.0. The normalized spacial score (nSPS) is 10.2. The van der Waals surface area contributed by atoms with E-state index in [0.717, 1.165) is 22.5 Å². The van der Waals surface area contributed by atoms with Crippen LogP contribution >= 0.6 is 23.5 Å². The van der Waals surface area contributed by atoms with Crippen LogP contribution in [0.2, 0.25) is 0 Å². The van der Waals surface area contributed by atoms with E-state index in [0.29, 0.717) is 21.2 Å². The first-order valence-electron chi connectivity index (χ1n) is 7.89. The van der Waals surface area contributed by atoms with Crippen molar-refractivity contribution >= 4 is 29.3 Å². The van der Waals surface area contributed by atoms with Gasteiger partial charge in [0.1, 0.15) is 22.2 Å². The molecule has 5 nitrogen and oxygen atoms in total. The number of Topliss-reactive ketones (excluding diaryl/α,β-unsaturated/α-hetero) is 1. The molecule has 0 aliphatic carbocycles. The molecule has 7 heteroatoms. The van der Waals surface area contributed by atoms with Crippen molar-refractivity contribution < 1.29 is 4.79 Å². The Balaban J connectivity index is 2.04. The molecule has 0 saturated carbocycles. The van der Waals surface area contributed by atoms with Gasteiger partial charge in [0.25, 0.3) is 0 Å². The average Bonchev–Trinajstić information content (AvgIpc) is 2.57. The van der Waals surface area contributed by atoms with Crippen LogP contribution in [0, 0.1) is 50.4 Å². The Morgan fingerprint density at radius 3 is 1.62 bits per heavy atom. The van der Waals surface area contributed by atoms with Gasteiger partial charge in [0.15, 0.2) is 5.78 Å². The molecule has 26 heavy (non-hydrogen) atoms. The van der Waals surface area contributed by atoms with Gasteiger partial charge in [0, 0.05) is 11.4 Å². The van der Waals surface area contributed by atoms with Crippen LogP contribution in [0.15, 0.2) is 22.2 Å². The van der Waals surface area contributed by atoms with Crippen molar-refractivity contribution in [1.29, 1.82) is 10.5 Å². The second kappa shape index (κ2) is 8.84. The molecule has 0 amide bonds. The minimum atomic E-state index is 0.00898. The first-order chi connectivity index (χ1) is 12.3. The van der Waals surface area contributed by atoms with Gasteiger partial charge in [-0.25, -0.2) is 9.97 Å². The molecule has 0 unspecified atom stereocenters. The standard InChI is InChI=1S/C19H18N4OS2/c1-11-5-13(3)22-18(16(11)7-20)25-9-15(24)10-26-19-17(8-21)12(2)6-14(4)23-19/h5-6H,9-10H2,1-4H3. The van der Waals surface area contributed by atoms with Gasteiger partial charge in [-0.05, 0) is 51.0 Å². The molecule has 2 rings (SSSR count). The quantitative estimate of drug-likeness (QED) is 0.700. The predicted octanol–water partition coefficient (Wildman–Crippen LogP) is 3.91. The van der Waals surface area contributed by atoms with E-state index < -0.39 is 0 Å². The number of nitrogens with zero attached hydrogens (tertiary/aromatic N) is 4. The lowest BCUT2D eigenvalue weighted by Gasteiger charge is -2.08. The van der Waals surface area contributed by atoms with Crippen molar-refractivity contribution in [3.63, 3.8) is 0 Å². The summed E-state index contributed by atoms with van der Waals surface area (Å²) in [5.74, 6) is 0.462. The van der Waals surface area contributed by atoms with Crippen LogP contribution in [-0.4, -0.2) is 27.3 Å². The second-order valence-corrected chi connectivity index (χ2v) is 7.79. The molecule has 0 aliphatic heterocycles. The maximum absolute atomic E-state index is 12.3. The third-order valence-electron chi connectivity index (χ3n) is 3.59. The summed E-state index contributed by atoms with van der Waals surface area (Å²) in [6.45, 7) is 7.46. The fourth-order valence-electron chi connectivity index (χ4n) is 2.43. The number of aryl methyl sites for hydroxylation is 4. The van der Waals surface area contributed by atoms with Gasteiger partial charge < -0.3 is 0 Å². The molecule has 0 atom stereocenters. The molecular formula is C19H18N4OS2. The zero-order valence-corrected chi connectivity index (χ0v) is 16.7. The molecule has 0 bridgehead atoms. The largest absolute Gasteiger partial charge is 0.298 e. The van der Waals surface area contributed by atoms with Crippen molar-refractivity contribution in [3.8, 4) is 12.1 Å². The van der Waals surface area contributed by atoms with E-state index in [2.05, 4.69) is 22.1 Å². The molecule has 2 aromatic heterocycles. The fourth-order valence-corrected chi connectivity index (χ4v) is 4.47. The molecule has 2 aromatic rings. The molecule has 0 aromatic carbocycles. The van der Waals surface area contributed by atoms with Gasteiger partial charge in [-0.3, -0.25) is 4.79 Å². The Morgan fingerprint density at radius 2 is 1.27 bits per heavy atom. The molecule has 0 radical (unpaired) electrons. The maximum Gasteiger partial charge on any atom is 0.153 e. The topological polar surface area (TPSA) is 90.4 Å². The second-order valence-electron chi connectivity index (χ2n) is 5.86. The van der Waals surface area contributed by atoms with Gasteiger partial charge in [-0.1, -0.05) is 23.5 Å². The minimum absolute atomic E-state index is 0.00898. The third-order valence-corrected chi connectivity index (χ3v) is 5.66. The molecule has 0 fully saturated rings. The Bertz CT molecular complexity index is 867. The molecule has 0 saturated heterocycles. The molecule has 0 aliphatic rings. The number of aromatic nitrogens is 2. The highest BCUT2D eigenvalue weighted by atomic mass is 32.2. The van der Waals surface area contributed by atoms with Crippen molar-refractivity contribution in [2.45, 2.75) is 37.7 Å². The van der Waals surface area contributed by atoms with Crippen LogP contribution in [0.4, 0.5) is 0 Å². The highest BCUT2D eigenvalue weighted by Crippen LogP contribution is 2.26. The minimum Gasteiger partial charge on any atom is -0.298 e. The number of carbonyl (C=O) groups is 1. The first-order valence-corrected chi connectivity index (χ1v) is 9.86. The zero-order chi connectivity index (χ0) is 19.3. The number of thioether (sulfide) groups is 2. The summed E-state index contributed by atoms with van der Waals surface area (Å²) >= 11 is 2.56. The highest BCUT2D eigenvalue weighted by molar-refractivity contribution is 8.01. The number of pyridine rings is 2. The fraction of sp³-hybridized carbons (Fsp3) is 0.316. The third kappa shape index (κ3) is 4.85. The maximum atomic E-state index is 12.3. The number of carbonyl (C=O) groups excluding carboxylic acids is 1. The van der Waals surface area contributed by atoms with Crippen LogP contribution in [0.25, 0.3) is 0 Å². The molecule has 132 valence electrons. The van der Waals surface area contributed by atoms with Crippen LogP contribution in [0.3, 0.4) is 0 Å². The van der Waals surface area contributed by atoms with E-state index >= 15 is 0 Å². The Hall–Kier alpha value is -2.35. The summed E-state index contributed by atoms with van der Waals surface area (Å²) in [5, 5.41) is 19.7. The van der Waals surface area contributed by atoms with Crippen LogP contribution in [0.1, 0.15) is 33.6 Å². The summed E-state index contributed by atoms with van der Waals surface area (Å²) in [6, 6.07) is 8.02. The lowest BCUT2D eigenvalue weighted by molar-refractivity contribution is -0.114. The van der Waals surface area contributed by atoms with E-state index in [1.54, 1.807) is 0 Å². The van der Waals surface area contributed by atoms with Crippen molar-refractivity contribution in [2.24, 2.45) is 0 Å². The highest BCUT2D eigenvalue weighted by Gasteiger charge is 2.14. The van der Waals surface area contributed by atoms with Crippen LogP contribution in [0.5, 0.6) is 0 Å². The van der Waals surface area contributed by atoms with Gasteiger partial charge in [0.2, 0.25) is 0 Å². The Morgan fingerprint density at radius 1 is 0.885 bits per heavy atom. The molecule has 2 heterocycles. The van der Waals surface area contributed by atoms with E-state index in [9.17, 15) is 15.3 Å². The lowest BCUT2D eigenvalue weighted by atomic mass is 10.1. The number of hydrogen-bond acceptors (Lipinski definition) is 7. The summed E-state index contributed by atoms with van der Waals surface area (Å²) in [7, 11) is 0. The number of nitriles is 2. The summed E-state index contributed by atoms with van der Waals surface area (Å²) in [5.41, 5.74) is 4.41. The summed E-state index contributed by atoms with van der Waals surface area (Å²) in [4.78, 5) is 21.0. The van der Waals surface area contributed by atoms with Crippen molar-refractivity contribution in [1.82, 2.24) is 9.97 Å². The lowest BCUT2D eigenvalue weighted by Crippen LogP contribution is -2.07. The van der Waals surface area contributed by atoms with Crippen LogP contribution < -0.4 is 0 Å². The van der Waals surface area contributed by atoms with Gasteiger partial charge >= 0.3 is 0 Å². The van der Waals surface area contributed by atoms with E-state index in [-0.39, 0.29) is 17.3 Å². The average molecular weight is 383 g/mol. The number of rotatable bonds is 6. The van der Waals surface area contributed by atoms with Gasteiger partial charge in [-0.2, -0.15) is 10.5 Å². The Kier molecular flexibility index (Phi) is 6.79. The van der Waals surface area contributed by atoms with E-state index in [1.165, 1.54) is 23.5 Å². The number of ketones is 1. The SMILES string of the molecule is Cc1cc(C)c(C#N)c(SCC(=O)CSc2nc(C)cc(C)c2C#N)n1. The predicted molar refractivity (Wildman–Crippen MR) is 103 cm³/mol. The van der Waals surface area contributed by atoms with E-state index in [4.69, 9.17) is 0 Å². The monoisotopic (exact) mass is 382 g/mol. The van der Waals surface area contributed by atoms with Gasteiger partial charge in [-0.15, -0.1) is 0 Å². The molecular weight excluding hydrogens is 364 g/mol. The van der Waals surface area contributed by atoms with Crippen LogP contribution in [-0.2, 0) is 4.79 Å². The van der Waals surface area contributed by atoms with Gasteiger partial charge in [0.05, 0.1) is 22.6 Å². The molecule has 0 N–H and O–H groups in total. The summed E-state index contributed by atoms with van der Waals surface area (Å²) in [6.07, 6.45) is 0. The van der Waals surface area contributed by atoms with Crippen molar-refractivity contribution in [2.75, 3.05) is 11.5 Å². The summed E-state index contributed by atoms with van der Waals surface area (Å²) < 4.78 is 0. The number of hydrogen-bond donors (Lipinski definition) is 0. The Labute approximate surface area is 161 Å².